The molecule has 0 aliphatic carbocycles. The van der Waals surface area contributed by atoms with Gasteiger partial charge in [-0.1, -0.05) is 17.7 Å². The van der Waals surface area contributed by atoms with E-state index in [0.29, 0.717) is 36.2 Å². The standard InChI is InChI=1S/C21H22Cl2N4O3S/c1-12-17(23)21(19(28)29,25-10-13-3-4-16(30-2)15(22)9-13)6-7-27(12)20-24-11-14-5-8-31-18(14)26-20/h3-5,8-9,11-12,17,25H,6-7,10H2,1-2H3,(H,28,29). The van der Waals surface area contributed by atoms with E-state index in [1.54, 1.807) is 36.8 Å². The summed E-state index contributed by atoms with van der Waals surface area (Å²) in [6, 6.07) is 7.04. The van der Waals surface area contributed by atoms with E-state index in [0.717, 1.165) is 15.8 Å². The Labute approximate surface area is 194 Å². The molecule has 3 atom stereocenters. The summed E-state index contributed by atoms with van der Waals surface area (Å²) in [5, 5.41) is 16.0. The van der Waals surface area contributed by atoms with Crippen molar-refractivity contribution in [2.45, 2.75) is 36.8 Å². The number of halogens is 2. The molecule has 7 nitrogen and oxygen atoms in total. The molecule has 0 bridgehead atoms. The fourth-order valence-corrected chi connectivity index (χ4v) is 5.37. The van der Waals surface area contributed by atoms with Crippen molar-refractivity contribution >= 4 is 56.7 Å². The molecule has 164 valence electrons. The number of rotatable bonds is 6. The number of alkyl halides is 1. The van der Waals surface area contributed by atoms with Crippen molar-refractivity contribution < 1.29 is 14.6 Å². The van der Waals surface area contributed by atoms with Gasteiger partial charge in [-0.05, 0) is 42.5 Å². The first-order chi connectivity index (χ1) is 14.9. The van der Waals surface area contributed by atoms with Gasteiger partial charge in [-0.2, -0.15) is 0 Å². The largest absolute Gasteiger partial charge is 0.495 e. The third kappa shape index (κ3) is 4.05. The lowest BCUT2D eigenvalue weighted by atomic mass is 9.82. The highest BCUT2D eigenvalue weighted by atomic mass is 35.5. The van der Waals surface area contributed by atoms with Crippen LogP contribution in [0.2, 0.25) is 5.02 Å². The quantitative estimate of drug-likeness (QED) is 0.511. The van der Waals surface area contributed by atoms with Gasteiger partial charge in [0.15, 0.2) is 0 Å². The van der Waals surface area contributed by atoms with E-state index in [2.05, 4.69) is 15.3 Å². The lowest BCUT2D eigenvalue weighted by molar-refractivity contribution is -0.146. The molecule has 3 aromatic rings. The van der Waals surface area contributed by atoms with Crippen molar-refractivity contribution in [3.05, 3.63) is 46.4 Å². The first-order valence-electron chi connectivity index (χ1n) is 9.77. The van der Waals surface area contributed by atoms with E-state index in [4.69, 9.17) is 27.9 Å². The van der Waals surface area contributed by atoms with Crippen LogP contribution in [0.1, 0.15) is 18.9 Å². The lowest BCUT2D eigenvalue weighted by Gasteiger charge is -2.47. The Hall–Kier alpha value is -2.13. The van der Waals surface area contributed by atoms with E-state index in [1.165, 1.54) is 0 Å². The summed E-state index contributed by atoms with van der Waals surface area (Å²) >= 11 is 14.5. The molecule has 31 heavy (non-hydrogen) atoms. The molecule has 10 heteroatoms. The van der Waals surface area contributed by atoms with Crippen LogP contribution in [0.5, 0.6) is 5.75 Å². The number of fused-ring (bicyclic) bond motifs is 1. The van der Waals surface area contributed by atoms with Crippen LogP contribution in [-0.2, 0) is 11.3 Å². The van der Waals surface area contributed by atoms with E-state index >= 15 is 0 Å². The van der Waals surface area contributed by atoms with Crippen LogP contribution < -0.4 is 15.0 Å². The minimum atomic E-state index is -1.29. The number of thiophene rings is 1. The molecule has 2 aromatic heterocycles. The first kappa shape index (κ1) is 22.1. The molecule has 3 unspecified atom stereocenters. The van der Waals surface area contributed by atoms with Crippen molar-refractivity contribution in [3.8, 4) is 5.75 Å². The zero-order chi connectivity index (χ0) is 22.2. The summed E-state index contributed by atoms with van der Waals surface area (Å²) in [5.41, 5.74) is -0.450. The van der Waals surface area contributed by atoms with Crippen molar-refractivity contribution in [1.29, 1.82) is 0 Å². The van der Waals surface area contributed by atoms with Gasteiger partial charge >= 0.3 is 5.97 Å². The topological polar surface area (TPSA) is 87.6 Å². The Kier molecular flexibility index (Phi) is 6.25. The number of nitrogens with zero attached hydrogens (tertiary/aromatic N) is 3. The number of carboxylic acids is 1. The Morgan fingerprint density at radius 3 is 2.97 bits per heavy atom. The van der Waals surface area contributed by atoms with Crippen LogP contribution in [0.15, 0.2) is 35.8 Å². The van der Waals surface area contributed by atoms with Crippen LogP contribution in [0.25, 0.3) is 10.2 Å². The maximum atomic E-state index is 12.4. The van der Waals surface area contributed by atoms with Crippen molar-refractivity contribution in [3.63, 3.8) is 0 Å². The fraction of sp³-hybridized carbons (Fsp3) is 0.381. The number of anilines is 1. The SMILES string of the molecule is COc1ccc(CNC2(C(=O)O)CCN(c3ncc4ccsc4n3)C(C)C2Cl)cc1Cl. The number of aromatic nitrogens is 2. The zero-order valence-corrected chi connectivity index (χ0v) is 19.3. The van der Waals surface area contributed by atoms with Crippen LogP contribution in [0.3, 0.4) is 0 Å². The van der Waals surface area contributed by atoms with Crippen molar-refractivity contribution in [2.24, 2.45) is 0 Å². The van der Waals surface area contributed by atoms with Gasteiger partial charge in [0.1, 0.15) is 16.1 Å². The number of nitrogens with one attached hydrogen (secondary N) is 1. The summed E-state index contributed by atoms with van der Waals surface area (Å²) in [7, 11) is 1.55. The van der Waals surface area contributed by atoms with Crippen molar-refractivity contribution in [2.75, 3.05) is 18.6 Å². The normalized spacial score (nSPS) is 23.8. The number of benzene rings is 1. The van der Waals surface area contributed by atoms with E-state index < -0.39 is 16.9 Å². The molecular weight excluding hydrogens is 459 g/mol. The van der Waals surface area contributed by atoms with Gasteiger partial charge < -0.3 is 14.7 Å². The smallest absolute Gasteiger partial charge is 0.325 e. The summed E-state index contributed by atoms with van der Waals surface area (Å²) in [6.45, 7) is 2.68. The summed E-state index contributed by atoms with van der Waals surface area (Å²) in [4.78, 5) is 24.3. The van der Waals surface area contributed by atoms with Crippen LogP contribution >= 0.6 is 34.5 Å². The number of hydrogen-bond acceptors (Lipinski definition) is 7. The Bertz CT molecular complexity index is 1110. The number of carboxylic acid groups (broad SMARTS) is 1. The van der Waals surface area contributed by atoms with Gasteiger partial charge in [-0.15, -0.1) is 22.9 Å². The van der Waals surface area contributed by atoms with E-state index in [9.17, 15) is 9.90 Å². The van der Waals surface area contributed by atoms with Gasteiger partial charge in [0.05, 0.1) is 17.5 Å². The first-order valence-corrected chi connectivity index (χ1v) is 11.5. The second kappa shape index (κ2) is 8.78. The summed E-state index contributed by atoms with van der Waals surface area (Å²) < 4.78 is 5.17. The Morgan fingerprint density at radius 1 is 1.45 bits per heavy atom. The lowest BCUT2D eigenvalue weighted by Crippen LogP contribution is -2.68. The highest BCUT2D eigenvalue weighted by Gasteiger charge is 2.52. The predicted molar refractivity (Wildman–Crippen MR) is 124 cm³/mol. The monoisotopic (exact) mass is 480 g/mol. The van der Waals surface area contributed by atoms with Crippen LogP contribution in [0.4, 0.5) is 5.95 Å². The van der Waals surface area contributed by atoms with Gasteiger partial charge in [-0.3, -0.25) is 10.1 Å². The number of ether oxygens (including phenoxy) is 1. The third-order valence-electron chi connectivity index (χ3n) is 5.79. The maximum absolute atomic E-state index is 12.4. The number of hydrogen-bond donors (Lipinski definition) is 2. The van der Waals surface area contributed by atoms with Crippen LogP contribution in [-0.4, -0.2) is 51.7 Å². The molecular formula is C21H22Cl2N4O3S. The number of aliphatic carboxylic acids is 1. The van der Waals surface area contributed by atoms with E-state index in [-0.39, 0.29) is 6.04 Å². The number of piperidine rings is 1. The molecule has 1 saturated heterocycles. The molecule has 1 aromatic carbocycles. The molecule has 0 spiro atoms. The molecule has 0 saturated carbocycles. The average molecular weight is 481 g/mol. The van der Waals surface area contributed by atoms with Crippen LogP contribution in [0, 0.1) is 0 Å². The van der Waals surface area contributed by atoms with Gasteiger partial charge in [0.25, 0.3) is 0 Å². The maximum Gasteiger partial charge on any atom is 0.325 e. The molecule has 1 aliphatic rings. The highest BCUT2D eigenvalue weighted by Crippen LogP contribution is 2.35. The molecule has 2 N–H and O–H groups in total. The molecule has 0 amide bonds. The highest BCUT2D eigenvalue weighted by molar-refractivity contribution is 7.16. The molecule has 4 rings (SSSR count). The average Bonchev–Trinajstić information content (AvgIpc) is 3.23. The second-order valence-corrected chi connectivity index (χ2v) is 9.31. The number of methoxy groups -OCH3 is 1. The van der Waals surface area contributed by atoms with Gasteiger partial charge in [-0.25, -0.2) is 9.97 Å². The van der Waals surface area contributed by atoms with Gasteiger partial charge in [0, 0.05) is 30.7 Å². The minimum absolute atomic E-state index is 0.295. The zero-order valence-electron chi connectivity index (χ0n) is 17.0. The minimum Gasteiger partial charge on any atom is -0.495 e. The molecule has 0 radical (unpaired) electrons. The molecule has 1 aliphatic heterocycles. The van der Waals surface area contributed by atoms with E-state index in [1.807, 2.05) is 29.3 Å². The molecule has 3 heterocycles. The Morgan fingerprint density at radius 2 is 2.26 bits per heavy atom. The third-order valence-corrected chi connectivity index (χ3v) is 7.65. The second-order valence-electron chi connectivity index (χ2n) is 7.54. The Balaban J connectivity index is 1.54. The summed E-state index contributed by atoms with van der Waals surface area (Å²) in [6.07, 6.45) is 2.09. The fourth-order valence-electron chi connectivity index (χ4n) is 3.94. The molecule has 1 fully saturated rings. The number of carbonyl (C=O) groups is 1. The predicted octanol–water partition coefficient (Wildman–Crippen LogP) is 4.17. The summed E-state index contributed by atoms with van der Waals surface area (Å²) in [5.74, 6) is 0.153. The van der Waals surface area contributed by atoms with Gasteiger partial charge in [0.2, 0.25) is 5.95 Å². The van der Waals surface area contributed by atoms with Crippen molar-refractivity contribution in [1.82, 2.24) is 15.3 Å².